The number of aromatic amines is 1. The number of hydrogen-bond acceptors (Lipinski definition) is 2. The number of aryl methyl sites for hydroxylation is 1. The number of rotatable bonds is 4. The van der Waals surface area contributed by atoms with Gasteiger partial charge in [0.25, 0.3) is 0 Å². The molecule has 0 amide bonds. The van der Waals surface area contributed by atoms with E-state index in [1.807, 2.05) is 97.1 Å². The Morgan fingerprint density at radius 2 is 0.660 bits per heavy atom. The van der Waals surface area contributed by atoms with Crippen LogP contribution in [0.2, 0.25) is 20.1 Å². The maximum Gasteiger partial charge on any atom is 0.0737 e. The number of aromatic nitrogens is 4. The summed E-state index contributed by atoms with van der Waals surface area (Å²) in [4.78, 5) is 14.5. The summed E-state index contributed by atoms with van der Waals surface area (Å²) in [5, 5.41) is 2.65. The van der Waals surface area contributed by atoms with Crippen LogP contribution in [-0.4, -0.2) is 19.5 Å². The lowest BCUT2D eigenvalue weighted by Gasteiger charge is -2.10. The van der Waals surface area contributed by atoms with Crippen molar-refractivity contribution in [2.45, 2.75) is 0 Å². The van der Waals surface area contributed by atoms with Crippen molar-refractivity contribution in [2.75, 3.05) is 0 Å². The summed E-state index contributed by atoms with van der Waals surface area (Å²) in [5.74, 6) is 0. The Morgan fingerprint density at radius 1 is 0.377 bits per heavy atom. The lowest BCUT2D eigenvalue weighted by atomic mass is 10.0. The van der Waals surface area contributed by atoms with Crippen LogP contribution in [-0.2, 0) is 7.05 Å². The van der Waals surface area contributed by atoms with Gasteiger partial charge in [-0.05, 0) is 119 Å². The van der Waals surface area contributed by atoms with Gasteiger partial charge in [0.05, 0.1) is 33.8 Å². The summed E-state index contributed by atoms with van der Waals surface area (Å²) in [6.07, 6.45) is 8.34. The second-order valence-corrected chi connectivity index (χ2v) is 14.7. The second-order valence-electron chi connectivity index (χ2n) is 12.9. The van der Waals surface area contributed by atoms with Crippen molar-refractivity contribution in [1.29, 1.82) is 0 Å². The summed E-state index contributed by atoms with van der Waals surface area (Å²) < 4.78 is 2.21. The molecule has 0 atom stereocenters. The van der Waals surface area contributed by atoms with Crippen molar-refractivity contribution < 1.29 is 0 Å². The van der Waals surface area contributed by atoms with Gasteiger partial charge in [-0.1, -0.05) is 94.9 Å². The molecule has 0 saturated carbocycles. The molecule has 0 spiro atoms. The number of benzene rings is 4. The van der Waals surface area contributed by atoms with Crippen LogP contribution in [0.15, 0.2) is 121 Å². The fraction of sp³-hybridized carbons (Fsp3) is 0.0222. The normalized spacial score (nSPS) is 12.1. The number of fused-ring (bicyclic) bond motifs is 8. The molecule has 0 aliphatic carbocycles. The number of hydrogen-bond donors (Lipinski definition) is 1. The number of nitrogens with one attached hydrogen (secondary N) is 1. The van der Waals surface area contributed by atoms with Crippen molar-refractivity contribution in [3.8, 4) is 44.5 Å². The molecule has 3 aromatic heterocycles. The Hall–Kier alpha value is -5.36. The molecule has 7 aromatic rings. The van der Waals surface area contributed by atoms with E-state index in [2.05, 4.69) is 65.2 Å². The van der Waals surface area contributed by atoms with Crippen LogP contribution < -0.4 is 0 Å². The molecule has 0 saturated heterocycles. The van der Waals surface area contributed by atoms with Crippen LogP contribution in [0.4, 0.5) is 0 Å². The molecule has 8 bridgehead atoms. The van der Waals surface area contributed by atoms with Gasteiger partial charge in [0.1, 0.15) is 0 Å². The van der Waals surface area contributed by atoms with Crippen LogP contribution in [0.5, 0.6) is 0 Å². The molecule has 53 heavy (non-hydrogen) atoms. The smallest absolute Gasteiger partial charge is 0.0737 e. The molecule has 0 fully saturated rings. The SMILES string of the molecule is Cn1c2ccc1c(-c1ccc(Cl)cc1)c1nc(c(-c3ccc(Cl)cc3)c3ccc([nH]3)c(-c3ccc(Cl)cc3)c3nc(c2-c2ccc(Cl)cc2)C=C3)C=C1. The fourth-order valence-corrected chi connectivity index (χ4v) is 7.69. The van der Waals surface area contributed by atoms with Crippen LogP contribution in [0.1, 0.15) is 22.8 Å². The van der Waals surface area contributed by atoms with E-state index < -0.39 is 0 Å². The quantitative estimate of drug-likeness (QED) is 0.194. The highest BCUT2D eigenvalue weighted by molar-refractivity contribution is 6.31. The van der Waals surface area contributed by atoms with Gasteiger partial charge in [0.2, 0.25) is 0 Å². The van der Waals surface area contributed by atoms with Gasteiger partial charge in [-0.3, -0.25) is 0 Å². The van der Waals surface area contributed by atoms with E-state index in [1.165, 1.54) is 0 Å². The monoisotopic (exact) mass is 764 g/mol. The zero-order chi connectivity index (χ0) is 36.2. The highest BCUT2D eigenvalue weighted by atomic mass is 35.5. The predicted molar refractivity (Wildman–Crippen MR) is 225 cm³/mol. The molecule has 2 aliphatic heterocycles. The molecular formula is C45H28Cl4N4. The minimum Gasteiger partial charge on any atom is -0.354 e. The molecule has 4 nitrogen and oxygen atoms in total. The zero-order valence-corrected chi connectivity index (χ0v) is 31.2. The Balaban J connectivity index is 1.49. The fourth-order valence-electron chi connectivity index (χ4n) is 7.18. The maximum absolute atomic E-state index is 6.40. The van der Waals surface area contributed by atoms with Crippen LogP contribution in [0.3, 0.4) is 0 Å². The zero-order valence-electron chi connectivity index (χ0n) is 28.2. The molecule has 256 valence electrons. The topological polar surface area (TPSA) is 46.5 Å². The standard InChI is InChI=1S/C45H28Cl4N4/c1-53-40-24-25-41(53)45(29-8-16-33(49)17-9-29)39-23-21-37(52-39)43(27-4-12-31(47)13-5-27)35-19-18-34(50-35)42(26-2-10-30(46)11-3-26)36-20-22-38(51-36)44(40)28-6-14-32(48)15-7-28/h2-25,50H,1H3. The maximum atomic E-state index is 6.40. The van der Waals surface area contributed by atoms with E-state index in [-0.39, 0.29) is 0 Å². The summed E-state index contributed by atoms with van der Waals surface area (Å²) in [6, 6.07) is 40.1. The number of nitrogens with zero attached hydrogens (tertiary/aromatic N) is 3. The van der Waals surface area contributed by atoms with E-state index in [0.717, 1.165) is 89.4 Å². The first-order valence-corrected chi connectivity index (χ1v) is 18.5. The molecule has 0 radical (unpaired) electrons. The van der Waals surface area contributed by atoms with Crippen molar-refractivity contribution in [3.05, 3.63) is 164 Å². The van der Waals surface area contributed by atoms with Crippen molar-refractivity contribution in [2.24, 2.45) is 7.05 Å². The van der Waals surface area contributed by atoms with Crippen molar-refractivity contribution in [1.82, 2.24) is 19.5 Å². The van der Waals surface area contributed by atoms with E-state index in [0.29, 0.717) is 20.1 Å². The van der Waals surface area contributed by atoms with Crippen molar-refractivity contribution >= 4 is 92.8 Å². The number of H-pyrrole nitrogens is 1. The van der Waals surface area contributed by atoms with Gasteiger partial charge in [0.15, 0.2) is 0 Å². The van der Waals surface area contributed by atoms with Gasteiger partial charge in [-0.2, -0.15) is 0 Å². The first-order valence-electron chi connectivity index (χ1n) is 17.0. The minimum atomic E-state index is 0.662. The van der Waals surface area contributed by atoms with Crippen LogP contribution >= 0.6 is 46.4 Å². The van der Waals surface area contributed by atoms with Gasteiger partial charge >= 0.3 is 0 Å². The van der Waals surface area contributed by atoms with E-state index in [4.69, 9.17) is 56.4 Å². The summed E-state index contributed by atoms with van der Waals surface area (Å²) in [5.41, 5.74) is 14.9. The minimum absolute atomic E-state index is 0.662. The lowest BCUT2D eigenvalue weighted by Crippen LogP contribution is -1.95. The van der Waals surface area contributed by atoms with E-state index in [1.54, 1.807) is 0 Å². The van der Waals surface area contributed by atoms with Gasteiger partial charge < -0.3 is 9.55 Å². The Bertz CT molecular complexity index is 2600. The molecule has 0 unspecified atom stereocenters. The summed E-state index contributed by atoms with van der Waals surface area (Å²) in [6.45, 7) is 0. The summed E-state index contributed by atoms with van der Waals surface area (Å²) in [7, 11) is 2.09. The third-order valence-electron chi connectivity index (χ3n) is 9.69. The van der Waals surface area contributed by atoms with Crippen molar-refractivity contribution in [3.63, 3.8) is 0 Å². The molecule has 1 N–H and O–H groups in total. The number of halogens is 4. The third-order valence-corrected chi connectivity index (χ3v) is 10.7. The van der Waals surface area contributed by atoms with Gasteiger partial charge in [-0.15, -0.1) is 0 Å². The third kappa shape index (κ3) is 6.18. The molecule has 5 heterocycles. The summed E-state index contributed by atoms with van der Waals surface area (Å²) >= 11 is 25.6. The first kappa shape index (κ1) is 33.5. The first-order chi connectivity index (χ1) is 25.8. The second kappa shape index (κ2) is 13.6. The van der Waals surface area contributed by atoms with E-state index in [9.17, 15) is 0 Å². The average Bonchev–Trinajstić information content (AvgIpc) is 3.99. The van der Waals surface area contributed by atoms with Crippen LogP contribution in [0.25, 0.3) is 90.9 Å². The Kier molecular flexibility index (Phi) is 8.57. The largest absolute Gasteiger partial charge is 0.354 e. The Labute approximate surface area is 326 Å². The van der Waals surface area contributed by atoms with Crippen LogP contribution in [0, 0.1) is 0 Å². The predicted octanol–water partition coefficient (Wildman–Crippen LogP) is 13.9. The molecular weight excluding hydrogens is 738 g/mol. The van der Waals surface area contributed by atoms with Gasteiger partial charge in [-0.25, -0.2) is 9.97 Å². The molecule has 8 heteroatoms. The highest BCUT2D eigenvalue weighted by Gasteiger charge is 2.20. The molecule has 4 aromatic carbocycles. The molecule has 2 aliphatic rings. The Morgan fingerprint density at radius 3 is 0.981 bits per heavy atom. The van der Waals surface area contributed by atoms with Gasteiger partial charge in [0, 0.05) is 60.4 Å². The average molecular weight is 767 g/mol. The lowest BCUT2D eigenvalue weighted by molar-refractivity contribution is 1.01. The molecule has 9 rings (SSSR count). The van der Waals surface area contributed by atoms with E-state index >= 15 is 0 Å². The highest BCUT2D eigenvalue weighted by Crippen LogP contribution is 2.39.